The fraction of sp³-hybridized carbons (Fsp3) is 0.308. The van der Waals surface area contributed by atoms with Crippen LogP contribution in [0.15, 0.2) is 24.4 Å². The van der Waals surface area contributed by atoms with Crippen LogP contribution in [0.25, 0.3) is 10.6 Å². The fourth-order valence-corrected chi connectivity index (χ4v) is 2.56. The van der Waals surface area contributed by atoms with Crippen LogP contribution in [-0.2, 0) is 6.42 Å². The van der Waals surface area contributed by atoms with Crippen LogP contribution in [0.5, 0.6) is 11.5 Å². The average molecular weight is 265 g/mol. The van der Waals surface area contributed by atoms with E-state index < -0.39 is 0 Å². The molecule has 5 heteroatoms. The SMILES string of the molecule is COc1ccc(-c2ncc(CCO)s2)c(OC)c1. The normalized spacial score (nSPS) is 10.4. The van der Waals surface area contributed by atoms with Crippen LogP contribution in [0.4, 0.5) is 0 Å². The molecule has 96 valence electrons. The van der Waals surface area contributed by atoms with Crippen molar-refractivity contribution in [3.63, 3.8) is 0 Å². The van der Waals surface area contributed by atoms with Crippen molar-refractivity contribution in [2.75, 3.05) is 20.8 Å². The number of aromatic nitrogens is 1. The molecule has 0 amide bonds. The third-order valence-corrected chi connectivity index (χ3v) is 3.64. The molecule has 0 unspecified atom stereocenters. The lowest BCUT2D eigenvalue weighted by Gasteiger charge is -2.08. The summed E-state index contributed by atoms with van der Waals surface area (Å²) in [4.78, 5) is 5.42. The number of aliphatic hydroxyl groups excluding tert-OH is 1. The van der Waals surface area contributed by atoms with Gasteiger partial charge >= 0.3 is 0 Å². The molecule has 0 atom stereocenters. The summed E-state index contributed by atoms with van der Waals surface area (Å²) in [6.45, 7) is 0.140. The van der Waals surface area contributed by atoms with Gasteiger partial charge in [-0.3, -0.25) is 0 Å². The maximum atomic E-state index is 8.91. The maximum absolute atomic E-state index is 8.91. The van der Waals surface area contributed by atoms with Gasteiger partial charge in [0.2, 0.25) is 0 Å². The number of methoxy groups -OCH3 is 2. The monoisotopic (exact) mass is 265 g/mol. The van der Waals surface area contributed by atoms with Crippen LogP contribution >= 0.6 is 11.3 Å². The van der Waals surface area contributed by atoms with Gasteiger partial charge in [0.1, 0.15) is 16.5 Å². The van der Waals surface area contributed by atoms with Gasteiger partial charge in [-0.25, -0.2) is 4.98 Å². The maximum Gasteiger partial charge on any atom is 0.132 e. The molecule has 1 aromatic carbocycles. The molecule has 4 nitrogen and oxygen atoms in total. The number of hydrogen-bond acceptors (Lipinski definition) is 5. The van der Waals surface area contributed by atoms with E-state index in [0.29, 0.717) is 6.42 Å². The standard InChI is InChI=1S/C13H15NO3S/c1-16-9-3-4-11(12(7-9)17-2)13-14-8-10(18-13)5-6-15/h3-4,7-8,15H,5-6H2,1-2H3. The van der Waals surface area contributed by atoms with Crippen LogP contribution in [0.1, 0.15) is 4.88 Å². The summed E-state index contributed by atoms with van der Waals surface area (Å²) in [7, 11) is 3.25. The minimum Gasteiger partial charge on any atom is -0.497 e. The molecule has 0 radical (unpaired) electrons. The van der Waals surface area contributed by atoms with E-state index in [4.69, 9.17) is 14.6 Å². The Bertz CT molecular complexity index is 525. The first-order chi connectivity index (χ1) is 8.78. The summed E-state index contributed by atoms with van der Waals surface area (Å²) in [5.74, 6) is 1.49. The highest BCUT2D eigenvalue weighted by Gasteiger charge is 2.11. The van der Waals surface area contributed by atoms with E-state index in [9.17, 15) is 0 Å². The molecule has 0 saturated carbocycles. The Morgan fingerprint density at radius 2 is 2.11 bits per heavy atom. The van der Waals surface area contributed by atoms with E-state index in [1.165, 1.54) is 0 Å². The molecule has 0 aliphatic heterocycles. The predicted octanol–water partition coefficient (Wildman–Crippen LogP) is 2.36. The Labute approximate surface area is 110 Å². The number of ether oxygens (including phenoxy) is 2. The fourth-order valence-electron chi connectivity index (χ4n) is 1.63. The first-order valence-corrected chi connectivity index (χ1v) is 6.38. The van der Waals surface area contributed by atoms with Crippen LogP contribution in [-0.4, -0.2) is 30.9 Å². The predicted molar refractivity (Wildman–Crippen MR) is 71.4 cm³/mol. The Balaban J connectivity index is 2.36. The van der Waals surface area contributed by atoms with Crippen LogP contribution < -0.4 is 9.47 Å². The zero-order chi connectivity index (χ0) is 13.0. The molecule has 2 aromatic rings. The van der Waals surface area contributed by atoms with Gasteiger partial charge in [-0.2, -0.15) is 0 Å². The van der Waals surface area contributed by atoms with Crippen molar-refractivity contribution in [3.05, 3.63) is 29.3 Å². The Hall–Kier alpha value is -1.59. The molecular formula is C13H15NO3S. The molecule has 0 fully saturated rings. The van der Waals surface area contributed by atoms with Crippen molar-refractivity contribution in [3.8, 4) is 22.1 Å². The lowest BCUT2D eigenvalue weighted by molar-refractivity contribution is 0.300. The molecular weight excluding hydrogens is 250 g/mol. The van der Waals surface area contributed by atoms with E-state index in [1.54, 1.807) is 31.8 Å². The largest absolute Gasteiger partial charge is 0.497 e. The number of nitrogens with zero attached hydrogens (tertiary/aromatic N) is 1. The zero-order valence-corrected chi connectivity index (χ0v) is 11.2. The smallest absolute Gasteiger partial charge is 0.132 e. The molecule has 1 aromatic heterocycles. The summed E-state index contributed by atoms with van der Waals surface area (Å²) in [5, 5.41) is 9.79. The van der Waals surface area contributed by atoms with Crippen LogP contribution in [0.2, 0.25) is 0 Å². The number of benzene rings is 1. The van der Waals surface area contributed by atoms with Gasteiger partial charge in [0.15, 0.2) is 0 Å². The highest BCUT2D eigenvalue weighted by Crippen LogP contribution is 2.35. The first kappa shape index (κ1) is 12.9. The van der Waals surface area contributed by atoms with Gasteiger partial charge in [-0.05, 0) is 12.1 Å². The quantitative estimate of drug-likeness (QED) is 0.901. The van der Waals surface area contributed by atoms with Crippen molar-refractivity contribution in [1.82, 2.24) is 4.98 Å². The van der Waals surface area contributed by atoms with Crippen LogP contribution in [0.3, 0.4) is 0 Å². The number of aliphatic hydroxyl groups is 1. The van der Waals surface area contributed by atoms with Crippen LogP contribution in [0, 0.1) is 0 Å². The Morgan fingerprint density at radius 3 is 2.78 bits per heavy atom. The van der Waals surface area contributed by atoms with Crippen molar-refractivity contribution >= 4 is 11.3 Å². The summed E-state index contributed by atoms with van der Waals surface area (Å²) in [6.07, 6.45) is 2.43. The second-order valence-corrected chi connectivity index (χ2v) is 4.79. The molecule has 0 bridgehead atoms. The third kappa shape index (κ3) is 2.63. The summed E-state index contributed by atoms with van der Waals surface area (Å²) >= 11 is 1.56. The molecule has 0 aliphatic rings. The lowest BCUT2D eigenvalue weighted by atomic mass is 10.2. The molecule has 0 saturated heterocycles. The minimum atomic E-state index is 0.140. The zero-order valence-electron chi connectivity index (χ0n) is 10.3. The van der Waals surface area contributed by atoms with Crippen molar-refractivity contribution in [2.24, 2.45) is 0 Å². The lowest BCUT2D eigenvalue weighted by Crippen LogP contribution is -1.89. The molecule has 1 N–H and O–H groups in total. The first-order valence-electron chi connectivity index (χ1n) is 5.56. The van der Waals surface area contributed by atoms with Gasteiger partial charge in [0.25, 0.3) is 0 Å². The second-order valence-electron chi connectivity index (χ2n) is 3.67. The Morgan fingerprint density at radius 1 is 1.28 bits per heavy atom. The number of thiazole rings is 1. The summed E-state index contributed by atoms with van der Waals surface area (Å²) < 4.78 is 10.5. The molecule has 0 spiro atoms. The highest BCUT2D eigenvalue weighted by atomic mass is 32.1. The van der Waals surface area contributed by atoms with Gasteiger partial charge < -0.3 is 14.6 Å². The minimum absolute atomic E-state index is 0.140. The average Bonchev–Trinajstić information content (AvgIpc) is 2.87. The van der Waals surface area contributed by atoms with Crippen molar-refractivity contribution < 1.29 is 14.6 Å². The van der Waals surface area contributed by atoms with Gasteiger partial charge in [-0.15, -0.1) is 11.3 Å². The third-order valence-electron chi connectivity index (χ3n) is 2.55. The van der Waals surface area contributed by atoms with Crippen molar-refractivity contribution in [1.29, 1.82) is 0 Å². The van der Waals surface area contributed by atoms with E-state index in [2.05, 4.69) is 4.98 Å². The summed E-state index contributed by atoms with van der Waals surface area (Å²) in [6, 6.07) is 5.65. The van der Waals surface area contributed by atoms with E-state index >= 15 is 0 Å². The number of rotatable bonds is 5. The molecule has 1 heterocycles. The second kappa shape index (κ2) is 5.84. The van der Waals surface area contributed by atoms with Crippen molar-refractivity contribution in [2.45, 2.75) is 6.42 Å². The number of hydrogen-bond donors (Lipinski definition) is 1. The van der Waals surface area contributed by atoms with Gasteiger partial charge in [-0.1, -0.05) is 0 Å². The summed E-state index contributed by atoms with van der Waals surface area (Å²) in [5.41, 5.74) is 0.937. The Kier molecular flexibility index (Phi) is 4.17. The highest BCUT2D eigenvalue weighted by molar-refractivity contribution is 7.15. The van der Waals surface area contributed by atoms with Gasteiger partial charge in [0, 0.05) is 30.2 Å². The molecule has 0 aliphatic carbocycles. The van der Waals surface area contributed by atoms with Gasteiger partial charge in [0.05, 0.1) is 19.8 Å². The molecule has 2 rings (SSSR count). The van der Waals surface area contributed by atoms with E-state index in [1.807, 2.05) is 18.2 Å². The molecule has 18 heavy (non-hydrogen) atoms. The van der Waals surface area contributed by atoms with E-state index in [-0.39, 0.29) is 6.61 Å². The van der Waals surface area contributed by atoms with E-state index in [0.717, 1.165) is 26.9 Å². The topological polar surface area (TPSA) is 51.6 Å².